The number of halogens is 1. The Bertz CT molecular complexity index is 616. The summed E-state index contributed by atoms with van der Waals surface area (Å²) < 4.78 is 13.4. The first-order valence-corrected chi connectivity index (χ1v) is 8.37. The lowest BCUT2D eigenvalue weighted by Gasteiger charge is -2.03. The molecule has 0 spiro atoms. The lowest BCUT2D eigenvalue weighted by molar-refractivity contribution is -0.115. The Balaban J connectivity index is 1.78. The Hall–Kier alpha value is -1.47. The predicted octanol–water partition coefficient (Wildman–Crippen LogP) is 3.92. The van der Waals surface area contributed by atoms with E-state index in [2.05, 4.69) is 15.5 Å². The molecule has 112 valence electrons. The van der Waals surface area contributed by atoms with Gasteiger partial charge in [0.2, 0.25) is 11.0 Å². The molecule has 0 saturated heterocycles. The van der Waals surface area contributed by atoms with E-state index < -0.39 is 0 Å². The number of hydrogen-bond acceptors (Lipinski definition) is 5. The number of thioether (sulfide) groups is 1. The molecule has 0 aliphatic heterocycles. The van der Waals surface area contributed by atoms with Gasteiger partial charge in [-0.15, -0.1) is 22.0 Å². The Labute approximate surface area is 131 Å². The zero-order valence-corrected chi connectivity index (χ0v) is 13.4. The third-order valence-corrected chi connectivity index (χ3v) is 4.79. The molecule has 0 saturated carbocycles. The number of anilines is 1. The molecule has 2 rings (SSSR count). The van der Waals surface area contributed by atoms with Crippen molar-refractivity contribution in [2.45, 2.75) is 31.1 Å². The van der Waals surface area contributed by atoms with Crippen LogP contribution < -0.4 is 5.32 Å². The first-order valence-electron chi connectivity index (χ1n) is 6.57. The van der Waals surface area contributed by atoms with E-state index in [0.717, 1.165) is 5.01 Å². The molecule has 0 fully saturated rings. The Kier molecular flexibility index (Phi) is 5.69. The van der Waals surface area contributed by atoms with Crippen molar-refractivity contribution in [2.75, 3.05) is 11.1 Å². The third kappa shape index (κ3) is 4.78. The molecule has 0 bridgehead atoms. The van der Waals surface area contributed by atoms with Crippen LogP contribution in [0.3, 0.4) is 0 Å². The van der Waals surface area contributed by atoms with E-state index in [1.807, 2.05) is 13.8 Å². The van der Waals surface area contributed by atoms with Gasteiger partial charge in [0.1, 0.15) is 10.8 Å². The molecular formula is C14H16FN3OS2. The standard InChI is InChI=1S/C14H16FN3OS2/c1-9(2)13-17-18-14(21-13)16-12(19)7-8-20-11-6-4-3-5-10(11)15/h3-6,9H,7-8H2,1-2H3,(H,16,18,19). The number of carbonyl (C=O) groups is 1. The maximum Gasteiger partial charge on any atom is 0.227 e. The minimum absolute atomic E-state index is 0.134. The van der Waals surface area contributed by atoms with Crippen molar-refractivity contribution in [3.8, 4) is 0 Å². The summed E-state index contributed by atoms with van der Waals surface area (Å²) in [5, 5.41) is 12.1. The van der Waals surface area contributed by atoms with Crippen LogP contribution in [0.4, 0.5) is 9.52 Å². The number of aromatic nitrogens is 2. The van der Waals surface area contributed by atoms with Crippen LogP contribution in [0.2, 0.25) is 0 Å². The highest BCUT2D eigenvalue weighted by Crippen LogP contribution is 2.24. The maximum absolute atomic E-state index is 13.4. The molecule has 0 radical (unpaired) electrons. The van der Waals surface area contributed by atoms with Crippen LogP contribution in [-0.2, 0) is 4.79 Å². The van der Waals surface area contributed by atoms with E-state index in [0.29, 0.717) is 28.1 Å². The van der Waals surface area contributed by atoms with Gasteiger partial charge in [0, 0.05) is 23.0 Å². The number of nitrogens with one attached hydrogen (secondary N) is 1. The normalized spacial score (nSPS) is 10.9. The number of benzene rings is 1. The third-order valence-electron chi connectivity index (χ3n) is 2.60. The van der Waals surface area contributed by atoms with E-state index in [1.165, 1.54) is 29.2 Å². The summed E-state index contributed by atoms with van der Waals surface area (Å²) in [5.41, 5.74) is 0. The topological polar surface area (TPSA) is 54.9 Å². The van der Waals surface area contributed by atoms with Crippen molar-refractivity contribution < 1.29 is 9.18 Å². The zero-order valence-electron chi connectivity index (χ0n) is 11.8. The van der Waals surface area contributed by atoms with Crippen LogP contribution in [-0.4, -0.2) is 21.9 Å². The number of rotatable bonds is 6. The molecule has 4 nitrogen and oxygen atoms in total. The van der Waals surface area contributed by atoms with Gasteiger partial charge in [0.05, 0.1) is 0 Å². The van der Waals surface area contributed by atoms with Crippen molar-refractivity contribution in [3.63, 3.8) is 0 Å². The maximum atomic E-state index is 13.4. The number of amides is 1. The summed E-state index contributed by atoms with van der Waals surface area (Å²) in [6.07, 6.45) is 0.301. The summed E-state index contributed by atoms with van der Waals surface area (Å²) >= 11 is 2.71. The Morgan fingerprint density at radius 1 is 1.38 bits per heavy atom. The Morgan fingerprint density at radius 2 is 2.14 bits per heavy atom. The molecular weight excluding hydrogens is 309 g/mol. The molecule has 21 heavy (non-hydrogen) atoms. The average Bonchev–Trinajstić information content (AvgIpc) is 2.89. The van der Waals surface area contributed by atoms with E-state index in [-0.39, 0.29) is 11.7 Å². The first kappa shape index (κ1) is 15.9. The van der Waals surface area contributed by atoms with E-state index in [4.69, 9.17) is 0 Å². The molecule has 1 aromatic heterocycles. The summed E-state index contributed by atoms with van der Waals surface area (Å²) in [6.45, 7) is 4.05. The van der Waals surface area contributed by atoms with Crippen LogP contribution in [0.15, 0.2) is 29.2 Å². The van der Waals surface area contributed by atoms with Gasteiger partial charge in [-0.25, -0.2) is 4.39 Å². The van der Waals surface area contributed by atoms with Gasteiger partial charge in [-0.3, -0.25) is 4.79 Å². The second kappa shape index (κ2) is 7.51. The van der Waals surface area contributed by atoms with Crippen LogP contribution in [0.25, 0.3) is 0 Å². The molecule has 1 N–H and O–H groups in total. The molecule has 0 atom stereocenters. The lowest BCUT2D eigenvalue weighted by atomic mass is 10.2. The number of hydrogen-bond donors (Lipinski definition) is 1. The van der Waals surface area contributed by atoms with Gasteiger partial charge < -0.3 is 5.32 Å². The minimum Gasteiger partial charge on any atom is -0.301 e. The molecule has 0 aliphatic rings. The smallest absolute Gasteiger partial charge is 0.227 e. The van der Waals surface area contributed by atoms with Crippen molar-refractivity contribution in [3.05, 3.63) is 35.1 Å². The van der Waals surface area contributed by atoms with Gasteiger partial charge in [0.25, 0.3) is 0 Å². The zero-order chi connectivity index (χ0) is 15.2. The number of nitrogens with zero attached hydrogens (tertiary/aromatic N) is 2. The van der Waals surface area contributed by atoms with Crippen molar-refractivity contribution in [2.24, 2.45) is 0 Å². The van der Waals surface area contributed by atoms with Crippen LogP contribution in [0.5, 0.6) is 0 Å². The van der Waals surface area contributed by atoms with E-state index >= 15 is 0 Å². The fraction of sp³-hybridized carbons (Fsp3) is 0.357. The lowest BCUT2D eigenvalue weighted by Crippen LogP contribution is -2.12. The molecule has 0 aliphatic carbocycles. The van der Waals surface area contributed by atoms with Gasteiger partial charge in [-0.05, 0) is 12.1 Å². The predicted molar refractivity (Wildman–Crippen MR) is 84.4 cm³/mol. The quantitative estimate of drug-likeness (QED) is 0.818. The van der Waals surface area contributed by atoms with Crippen LogP contribution in [0, 0.1) is 5.82 Å². The Morgan fingerprint density at radius 3 is 2.81 bits per heavy atom. The van der Waals surface area contributed by atoms with Gasteiger partial charge in [-0.1, -0.05) is 37.3 Å². The molecule has 1 aromatic carbocycles. The van der Waals surface area contributed by atoms with Gasteiger partial charge in [0.15, 0.2) is 0 Å². The summed E-state index contributed by atoms with van der Waals surface area (Å²) in [5.74, 6) is 0.423. The summed E-state index contributed by atoms with van der Waals surface area (Å²) in [4.78, 5) is 12.3. The fourth-order valence-corrected chi connectivity index (χ4v) is 3.17. The SMILES string of the molecule is CC(C)c1nnc(NC(=O)CCSc2ccccc2F)s1. The van der Waals surface area contributed by atoms with E-state index in [9.17, 15) is 9.18 Å². The minimum atomic E-state index is -0.256. The molecule has 7 heteroatoms. The second-order valence-electron chi connectivity index (χ2n) is 4.68. The van der Waals surface area contributed by atoms with Crippen LogP contribution in [0.1, 0.15) is 31.2 Å². The monoisotopic (exact) mass is 325 g/mol. The molecule has 1 heterocycles. The van der Waals surface area contributed by atoms with Gasteiger partial charge in [-0.2, -0.15) is 0 Å². The van der Waals surface area contributed by atoms with Gasteiger partial charge >= 0.3 is 0 Å². The fourth-order valence-electron chi connectivity index (χ4n) is 1.52. The average molecular weight is 325 g/mol. The molecule has 1 amide bonds. The highest BCUT2D eigenvalue weighted by Gasteiger charge is 2.10. The summed E-state index contributed by atoms with van der Waals surface area (Å²) in [6, 6.07) is 6.54. The first-order chi connectivity index (χ1) is 10.1. The van der Waals surface area contributed by atoms with Crippen molar-refractivity contribution >= 4 is 34.1 Å². The second-order valence-corrected chi connectivity index (χ2v) is 6.82. The van der Waals surface area contributed by atoms with Crippen molar-refractivity contribution in [1.82, 2.24) is 10.2 Å². The largest absolute Gasteiger partial charge is 0.301 e. The van der Waals surface area contributed by atoms with Crippen LogP contribution >= 0.6 is 23.1 Å². The molecule has 0 unspecified atom stereocenters. The summed E-state index contributed by atoms with van der Waals surface area (Å²) in [7, 11) is 0. The highest BCUT2D eigenvalue weighted by molar-refractivity contribution is 7.99. The van der Waals surface area contributed by atoms with E-state index in [1.54, 1.807) is 18.2 Å². The number of carbonyl (C=O) groups excluding carboxylic acids is 1. The molecule has 2 aromatic rings. The highest BCUT2D eigenvalue weighted by atomic mass is 32.2. The van der Waals surface area contributed by atoms with Crippen molar-refractivity contribution in [1.29, 1.82) is 0 Å².